The number of carbonyl (C=O) groups is 2. The minimum Gasteiger partial charge on any atom is -0.481 e. The molecule has 0 aromatic heterocycles. The molecule has 0 aliphatic heterocycles. The molecule has 2 atom stereocenters. The van der Waals surface area contributed by atoms with Crippen LogP contribution in [-0.2, 0) is 4.79 Å². The number of nitrogens with one attached hydrogen (secondary N) is 1. The zero-order valence-electron chi connectivity index (χ0n) is 13.3. The first kappa shape index (κ1) is 18.1. The normalized spacial score (nSPS) is 21.5. The van der Waals surface area contributed by atoms with Gasteiger partial charge in [0.15, 0.2) is 0 Å². The molecule has 1 fully saturated rings. The van der Waals surface area contributed by atoms with Gasteiger partial charge < -0.3 is 15.3 Å². The van der Waals surface area contributed by atoms with Gasteiger partial charge in [-0.2, -0.15) is 11.8 Å². The van der Waals surface area contributed by atoms with Crippen LogP contribution in [0.15, 0.2) is 0 Å². The van der Waals surface area contributed by atoms with Gasteiger partial charge in [-0.05, 0) is 38.9 Å². The molecular weight excluding hydrogens is 288 g/mol. The van der Waals surface area contributed by atoms with Crippen molar-refractivity contribution in [2.24, 2.45) is 0 Å². The van der Waals surface area contributed by atoms with Crippen LogP contribution in [0.25, 0.3) is 0 Å². The lowest BCUT2D eigenvalue weighted by atomic mass is 10.2. The smallest absolute Gasteiger partial charge is 0.317 e. The quantitative estimate of drug-likeness (QED) is 0.722. The summed E-state index contributed by atoms with van der Waals surface area (Å²) in [5.41, 5.74) is 0. The van der Waals surface area contributed by atoms with E-state index in [9.17, 15) is 9.59 Å². The van der Waals surface area contributed by atoms with Crippen molar-refractivity contribution >= 4 is 23.8 Å². The highest BCUT2D eigenvalue weighted by atomic mass is 32.2. The Kier molecular flexibility index (Phi) is 7.93. The van der Waals surface area contributed by atoms with Crippen molar-refractivity contribution in [3.63, 3.8) is 0 Å². The van der Waals surface area contributed by atoms with Crippen LogP contribution in [0.5, 0.6) is 0 Å². The van der Waals surface area contributed by atoms with Gasteiger partial charge in [-0.25, -0.2) is 4.79 Å². The summed E-state index contributed by atoms with van der Waals surface area (Å²) >= 11 is 1.92. The van der Waals surface area contributed by atoms with Crippen LogP contribution in [0.3, 0.4) is 0 Å². The number of amides is 2. The monoisotopic (exact) mass is 316 g/mol. The third-order valence-electron chi connectivity index (χ3n) is 3.82. The highest BCUT2D eigenvalue weighted by Crippen LogP contribution is 2.30. The summed E-state index contributed by atoms with van der Waals surface area (Å²) in [4.78, 5) is 24.8. The molecule has 0 aromatic carbocycles. The lowest BCUT2D eigenvalue weighted by Gasteiger charge is -2.30. The second-order valence-corrected chi connectivity index (χ2v) is 7.28. The minimum atomic E-state index is -0.811. The molecule has 1 saturated carbocycles. The molecule has 0 radical (unpaired) electrons. The van der Waals surface area contributed by atoms with Crippen molar-refractivity contribution in [2.45, 2.75) is 70.2 Å². The number of thioether (sulfide) groups is 1. The van der Waals surface area contributed by atoms with E-state index in [0.29, 0.717) is 18.2 Å². The van der Waals surface area contributed by atoms with Gasteiger partial charge in [0.25, 0.3) is 0 Å². The molecule has 1 rings (SSSR count). The molecule has 0 bridgehead atoms. The van der Waals surface area contributed by atoms with Crippen LogP contribution < -0.4 is 5.32 Å². The summed E-state index contributed by atoms with van der Waals surface area (Å²) in [5, 5.41) is 12.4. The largest absolute Gasteiger partial charge is 0.481 e. The van der Waals surface area contributed by atoms with Gasteiger partial charge in [-0.15, -0.1) is 0 Å². The first-order valence-electron chi connectivity index (χ1n) is 7.86. The molecule has 0 aromatic rings. The summed E-state index contributed by atoms with van der Waals surface area (Å²) < 4.78 is 0. The first-order valence-corrected chi connectivity index (χ1v) is 8.91. The Morgan fingerprint density at radius 1 is 1.38 bits per heavy atom. The van der Waals surface area contributed by atoms with Gasteiger partial charge in [0.05, 0.1) is 0 Å². The third-order valence-corrected chi connectivity index (χ3v) is 5.14. The Bertz CT molecular complexity index is 350. The molecule has 5 nitrogen and oxygen atoms in total. The molecule has 1 aliphatic rings. The van der Waals surface area contributed by atoms with Crippen molar-refractivity contribution in [3.8, 4) is 0 Å². The van der Waals surface area contributed by atoms with E-state index in [1.807, 2.05) is 25.6 Å². The van der Waals surface area contributed by atoms with E-state index in [1.165, 1.54) is 12.8 Å². The van der Waals surface area contributed by atoms with Gasteiger partial charge in [-0.1, -0.05) is 13.3 Å². The summed E-state index contributed by atoms with van der Waals surface area (Å²) in [5.74, 6) is 0.262. The van der Waals surface area contributed by atoms with E-state index in [1.54, 1.807) is 4.90 Å². The average molecular weight is 316 g/mol. The van der Waals surface area contributed by atoms with Gasteiger partial charge in [0, 0.05) is 30.3 Å². The first-order chi connectivity index (χ1) is 9.95. The maximum atomic E-state index is 12.4. The maximum Gasteiger partial charge on any atom is 0.317 e. The van der Waals surface area contributed by atoms with Gasteiger partial charge in [0.1, 0.15) is 0 Å². The van der Waals surface area contributed by atoms with E-state index in [4.69, 9.17) is 5.11 Å². The van der Waals surface area contributed by atoms with E-state index in [2.05, 4.69) is 12.2 Å². The molecule has 2 N–H and O–H groups in total. The fourth-order valence-electron chi connectivity index (χ4n) is 2.74. The van der Waals surface area contributed by atoms with Gasteiger partial charge in [0.2, 0.25) is 0 Å². The van der Waals surface area contributed by atoms with Crippen LogP contribution in [-0.4, -0.2) is 51.6 Å². The van der Waals surface area contributed by atoms with Crippen molar-refractivity contribution in [2.75, 3.05) is 12.3 Å². The fourth-order valence-corrected chi connectivity index (χ4v) is 3.94. The van der Waals surface area contributed by atoms with Crippen LogP contribution >= 0.6 is 11.8 Å². The number of carboxylic acid groups (broad SMARTS) is 1. The molecular formula is C15H28N2O3S. The molecule has 0 spiro atoms. The SMILES string of the molecule is CCSC1CCCC1NC(=O)N(CCCC(=O)O)C(C)C. The number of carboxylic acids is 1. The second kappa shape index (κ2) is 9.18. The Balaban J connectivity index is 2.50. The van der Waals surface area contributed by atoms with Crippen molar-refractivity contribution in [3.05, 3.63) is 0 Å². The third kappa shape index (κ3) is 6.16. The standard InChI is InChI=1S/C15H28N2O3S/c1-4-21-13-8-5-7-12(13)16-15(20)17(11(2)3)10-6-9-14(18)19/h11-13H,4-10H2,1-3H3,(H,16,20)(H,18,19). The summed E-state index contributed by atoms with van der Waals surface area (Å²) in [6.45, 7) is 6.57. The number of hydrogen-bond donors (Lipinski definition) is 2. The predicted octanol–water partition coefficient (Wildman–Crippen LogP) is 2.95. The number of urea groups is 1. The van der Waals surface area contributed by atoms with Gasteiger partial charge in [-0.3, -0.25) is 4.79 Å². The lowest BCUT2D eigenvalue weighted by molar-refractivity contribution is -0.137. The Morgan fingerprint density at radius 3 is 2.67 bits per heavy atom. The molecule has 1 aliphatic carbocycles. The number of aliphatic carboxylic acids is 1. The fraction of sp³-hybridized carbons (Fsp3) is 0.867. The summed E-state index contributed by atoms with van der Waals surface area (Å²) in [6.07, 6.45) is 3.99. The molecule has 21 heavy (non-hydrogen) atoms. The zero-order valence-corrected chi connectivity index (χ0v) is 14.1. The van der Waals surface area contributed by atoms with E-state index >= 15 is 0 Å². The second-order valence-electron chi connectivity index (χ2n) is 5.77. The highest BCUT2D eigenvalue weighted by molar-refractivity contribution is 7.99. The van der Waals surface area contributed by atoms with E-state index < -0.39 is 5.97 Å². The van der Waals surface area contributed by atoms with Crippen molar-refractivity contribution < 1.29 is 14.7 Å². The Hall–Kier alpha value is -0.910. The minimum absolute atomic E-state index is 0.0519. The van der Waals surface area contributed by atoms with Crippen molar-refractivity contribution in [1.29, 1.82) is 0 Å². The zero-order chi connectivity index (χ0) is 15.8. The number of hydrogen-bond acceptors (Lipinski definition) is 3. The van der Waals surface area contributed by atoms with E-state index in [-0.39, 0.29) is 24.5 Å². The average Bonchev–Trinajstić information content (AvgIpc) is 2.81. The highest BCUT2D eigenvalue weighted by Gasteiger charge is 2.30. The van der Waals surface area contributed by atoms with Crippen LogP contribution in [0.4, 0.5) is 4.79 Å². The van der Waals surface area contributed by atoms with Crippen LogP contribution in [0.2, 0.25) is 0 Å². The number of nitrogens with zero attached hydrogens (tertiary/aromatic N) is 1. The lowest BCUT2D eigenvalue weighted by Crippen LogP contribution is -2.49. The Morgan fingerprint density at radius 2 is 2.10 bits per heavy atom. The van der Waals surface area contributed by atoms with Gasteiger partial charge >= 0.3 is 12.0 Å². The predicted molar refractivity (Wildman–Crippen MR) is 86.8 cm³/mol. The number of rotatable bonds is 8. The van der Waals surface area contributed by atoms with E-state index in [0.717, 1.165) is 12.2 Å². The number of carbonyl (C=O) groups excluding carboxylic acids is 1. The topological polar surface area (TPSA) is 69.6 Å². The Labute approximate surface area is 131 Å². The molecule has 122 valence electrons. The van der Waals surface area contributed by atoms with Crippen LogP contribution in [0.1, 0.15) is 52.9 Å². The molecule has 0 heterocycles. The maximum absolute atomic E-state index is 12.4. The molecule has 0 saturated heterocycles. The van der Waals surface area contributed by atoms with Crippen LogP contribution in [0, 0.1) is 0 Å². The molecule has 6 heteroatoms. The molecule has 2 unspecified atom stereocenters. The van der Waals surface area contributed by atoms with Crippen molar-refractivity contribution in [1.82, 2.24) is 10.2 Å². The summed E-state index contributed by atoms with van der Waals surface area (Å²) in [7, 11) is 0. The summed E-state index contributed by atoms with van der Waals surface area (Å²) in [6, 6.07) is 0.282. The molecule has 2 amide bonds.